The molecule has 1 aliphatic heterocycles. The quantitative estimate of drug-likeness (QED) is 0.835. The van der Waals surface area contributed by atoms with Crippen LogP contribution in [0.5, 0.6) is 0 Å². The van der Waals surface area contributed by atoms with Gasteiger partial charge in [-0.3, -0.25) is 9.59 Å². The van der Waals surface area contributed by atoms with Crippen molar-refractivity contribution in [3.63, 3.8) is 0 Å². The third-order valence-corrected chi connectivity index (χ3v) is 4.60. The van der Waals surface area contributed by atoms with Crippen molar-refractivity contribution in [1.29, 1.82) is 0 Å². The van der Waals surface area contributed by atoms with Crippen LogP contribution in [0.4, 0.5) is 0 Å². The maximum absolute atomic E-state index is 12.7. The van der Waals surface area contributed by atoms with E-state index in [2.05, 4.69) is 0 Å². The first kappa shape index (κ1) is 15.3. The van der Waals surface area contributed by atoms with E-state index < -0.39 is 11.9 Å². The highest BCUT2D eigenvalue weighted by Gasteiger charge is 2.38. The van der Waals surface area contributed by atoms with Crippen molar-refractivity contribution in [2.24, 2.45) is 17.8 Å². The molecule has 2 fully saturated rings. The fraction of sp³-hybridized carbons (Fsp3) is 0.867. The summed E-state index contributed by atoms with van der Waals surface area (Å²) in [6, 6.07) is 0. The molecule has 1 heterocycles. The lowest BCUT2D eigenvalue weighted by atomic mass is 9.78. The van der Waals surface area contributed by atoms with Gasteiger partial charge < -0.3 is 14.7 Å². The molecule has 3 atom stereocenters. The Morgan fingerprint density at radius 3 is 2.45 bits per heavy atom. The summed E-state index contributed by atoms with van der Waals surface area (Å²) in [4.78, 5) is 25.8. The van der Waals surface area contributed by atoms with Gasteiger partial charge in [-0.2, -0.15) is 0 Å². The van der Waals surface area contributed by atoms with Gasteiger partial charge in [-0.15, -0.1) is 0 Å². The first-order valence-electron chi connectivity index (χ1n) is 7.72. The number of ether oxygens (including phenoxy) is 1. The van der Waals surface area contributed by atoms with Crippen LogP contribution >= 0.6 is 0 Å². The molecule has 0 bridgehead atoms. The number of carboxylic acid groups (broad SMARTS) is 1. The molecule has 2 rings (SSSR count). The molecule has 0 spiro atoms. The van der Waals surface area contributed by atoms with Crippen LogP contribution in [0.25, 0.3) is 0 Å². The van der Waals surface area contributed by atoms with Gasteiger partial charge in [0.1, 0.15) is 0 Å². The number of rotatable bonds is 5. The number of aliphatic carboxylic acids is 1. The lowest BCUT2D eigenvalue weighted by molar-refractivity contribution is -0.152. The maximum atomic E-state index is 12.7. The Morgan fingerprint density at radius 1 is 1.20 bits per heavy atom. The molecule has 1 saturated heterocycles. The molecule has 0 aromatic rings. The van der Waals surface area contributed by atoms with Crippen molar-refractivity contribution in [3.8, 4) is 0 Å². The van der Waals surface area contributed by atoms with E-state index in [9.17, 15) is 14.7 Å². The molecule has 0 aromatic carbocycles. The van der Waals surface area contributed by atoms with E-state index in [-0.39, 0.29) is 11.8 Å². The molecule has 1 saturated carbocycles. The second-order valence-corrected chi connectivity index (χ2v) is 5.94. The van der Waals surface area contributed by atoms with Gasteiger partial charge >= 0.3 is 5.97 Å². The summed E-state index contributed by atoms with van der Waals surface area (Å²) in [5, 5.41) is 9.31. The highest BCUT2D eigenvalue weighted by Crippen LogP contribution is 2.32. The summed E-state index contributed by atoms with van der Waals surface area (Å²) in [5.41, 5.74) is 0. The summed E-state index contributed by atoms with van der Waals surface area (Å²) in [6.07, 6.45) is 4.23. The number of carboxylic acids is 1. The maximum Gasteiger partial charge on any atom is 0.307 e. The Balaban J connectivity index is 1.99. The van der Waals surface area contributed by atoms with Gasteiger partial charge in [0.15, 0.2) is 0 Å². The normalized spacial score (nSPS) is 30.1. The average molecular weight is 283 g/mol. The number of hydrogen-bond donors (Lipinski definition) is 1. The topological polar surface area (TPSA) is 66.8 Å². The van der Waals surface area contributed by atoms with Crippen molar-refractivity contribution < 1.29 is 19.4 Å². The Hall–Kier alpha value is -1.10. The molecule has 1 aliphatic carbocycles. The van der Waals surface area contributed by atoms with E-state index >= 15 is 0 Å². The van der Waals surface area contributed by atoms with Gasteiger partial charge in [0.25, 0.3) is 0 Å². The molecule has 1 amide bonds. The average Bonchev–Trinajstić information content (AvgIpc) is 2.97. The molecule has 0 aromatic heterocycles. The fourth-order valence-corrected chi connectivity index (χ4v) is 3.37. The van der Waals surface area contributed by atoms with E-state index in [4.69, 9.17) is 4.74 Å². The van der Waals surface area contributed by atoms with Crippen molar-refractivity contribution in [1.82, 2.24) is 4.90 Å². The summed E-state index contributed by atoms with van der Waals surface area (Å²) in [6.45, 7) is 4.82. The lowest BCUT2D eigenvalue weighted by Crippen LogP contribution is -2.44. The SMILES string of the molecule is CCN(CC1CCOC1)C(=O)[C@@H]1CCCC[C@@H]1C(=O)O. The Labute approximate surface area is 120 Å². The van der Waals surface area contributed by atoms with Gasteiger partial charge in [0.05, 0.1) is 18.4 Å². The zero-order chi connectivity index (χ0) is 14.5. The molecular formula is C15H25NO4. The van der Waals surface area contributed by atoms with E-state index in [1.165, 1.54) is 0 Å². The second kappa shape index (κ2) is 7.07. The predicted molar refractivity (Wildman–Crippen MR) is 74.3 cm³/mol. The summed E-state index contributed by atoms with van der Waals surface area (Å²) in [5.74, 6) is -1.20. The lowest BCUT2D eigenvalue weighted by Gasteiger charge is -2.33. The Kier molecular flexibility index (Phi) is 5.40. The van der Waals surface area contributed by atoms with Crippen LogP contribution in [0.3, 0.4) is 0 Å². The molecule has 2 aliphatic rings. The van der Waals surface area contributed by atoms with E-state index in [0.29, 0.717) is 31.8 Å². The molecule has 1 N–H and O–H groups in total. The van der Waals surface area contributed by atoms with Gasteiger partial charge in [0, 0.05) is 25.6 Å². The summed E-state index contributed by atoms with van der Waals surface area (Å²) in [7, 11) is 0. The largest absolute Gasteiger partial charge is 0.481 e. The van der Waals surface area contributed by atoms with Crippen LogP contribution in [-0.4, -0.2) is 48.2 Å². The van der Waals surface area contributed by atoms with Crippen molar-refractivity contribution >= 4 is 11.9 Å². The highest BCUT2D eigenvalue weighted by molar-refractivity contribution is 5.85. The zero-order valence-electron chi connectivity index (χ0n) is 12.2. The smallest absolute Gasteiger partial charge is 0.307 e. The number of amides is 1. The number of carbonyl (C=O) groups excluding carboxylic acids is 1. The van der Waals surface area contributed by atoms with E-state index in [1.54, 1.807) is 0 Å². The second-order valence-electron chi connectivity index (χ2n) is 5.94. The van der Waals surface area contributed by atoms with Crippen LogP contribution in [0.15, 0.2) is 0 Å². The third-order valence-electron chi connectivity index (χ3n) is 4.60. The third kappa shape index (κ3) is 3.51. The monoisotopic (exact) mass is 283 g/mol. The number of hydrogen-bond acceptors (Lipinski definition) is 3. The summed E-state index contributed by atoms with van der Waals surface area (Å²) < 4.78 is 5.35. The summed E-state index contributed by atoms with van der Waals surface area (Å²) >= 11 is 0. The van der Waals surface area contributed by atoms with Crippen LogP contribution in [0.2, 0.25) is 0 Å². The van der Waals surface area contributed by atoms with Crippen molar-refractivity contribution in [2.45, 2.75) is 39.0 Å². The van der Waals surface area contributed by atoms with Gasteiger partial charge in [-0.1, -0.05) is 12.8 Å². The minimum Gasteiger partial charge on any atom is -0.481 e. The van der Waals surface area contributed by atoms with Crippen LogP contribution < -0.4 is 0 Å². The molecule has 0 radical (unpaired) electrons. The number of carbonyl (C=O) groups is 2. The molecule has 5 nitrogen and oxygen atoms in total. The number of nitrogens with zero attached hydrogens (tertiary/aromatic N) is 1. The zero-order valence-corrected chi connectivity index (χ0v) is 12.2. The Morgan fingerprint density at radius 2 is 1.90 bits per heavy atom. The first-order valence-corrected chi connectivity index (χ1v) is 7.72. The van der Waals surface area contributed by atoms with Crippen LogP contribution in [0.1, 0.15) is 39.0 Å². The standard InChI is InChI=1S/C15H25NO4/c1-2-16(9-11-7-8-20-10-11)14(17)12-5-3-4-6-13(12)15(18)19/h11-13H,2-10H2,1H3,(H,18,19)/t11?,12-,13+/m1/s1. The van der Waals surface area contributed by atoms with Gasteiger partial charge in [-0.05, 0) is 26.2 Å². The molecular weight excluding hydrogens is 258 g/mol. The predicted octanol–water partition coefficient (Wildman–Crippen LogP) is 1.76. The van der Waals surface area contributed by atoms with Crippen LogP contribution in [-0.2, 0) is 14.3 Å². The van der Waals surface area contributed by atoms with Crippen LogP contribution in [0, 0.1) is 17.8 Å². The Bertz CT molecular complexity index is 352. The van der Waals surface area contributed by atoms with E-state index in [0.717, 1.165) is 32.5 Å². The van der Waals surface area contributed by atoms with Gasteiger partial charge in [-0.25, -0.2) is 0 Å². The molecule has 5 heteroatoms. The molecule has 1 unspecified atom stereocenters. The van der Waals surface area contributed by atoms with Gasteiger partial charge in [0.2, 0.25) is 5.91 Å². The van der Waals surface area contributed by atoms with Crippen molar-refractivity contribution in [2.75, 3.05) is 26.3 Å². The highest BCUT2D eigenvalue weighted by atomic mass is 16.5. The minimum atomic E-state index is -0.816. The molecule has 20 heavy (non-hydrogen) atoms. The fourth-order valence-electron chi connectivity index (χ4n) is 3.37. The minimum absolute atomic E-state index is 0.0338. The first-order chi connectivity index (χ1) is 9.63. The van der Waals surface area contributed by atoms with E-state index in [1.807, 2.05) is 11.8 Å². The molecule has 114 valence electrons. The van der Waals surface area contributed by atoms with Crippen molar-refractivity contribution in [3.05, 3.63) is 0 Å².